The van der Waals surface area contributed by atoms with Crippen LogP contribution in [0.5, 0.6) is 0 Å². The number of hydrogen-bond acceptors (Lipinski definition) is 0. The molecule has 0 nitrogen and oxygen atoms in total. The molecule has 0 unspecified atom stereocenters. The third-order valence-corrected chi connectivity index (χ3v) is 3.00. The van der Waals surface area contributed by atoms with Gasteiger partial charge in [-0.15, -0.1) is 0 Å². The number of rotatable bonds is 1. The fourth-order valence-corrected chi connectivity index (χ4v) is 2.52. The standard InChI is InChI=1S/C7H4Br3Cl/c8-4-1-2-5(7(9)10)6(11)3-4/h1-3,7H. The molecule has 60 valence electrons. The normalized spacial score (nSPS) is 10.6. The van der Waals surface area contributed by atoms with Crippen LogP contribution in [0.15, 0.2) is 22.7 Å². The summed E-state index contributed by atoms with van der Waals surface area (Å²) in [4.78, 5) is 0. The molecule has 1 aromatic carbocycles. The molecule has 0 amide bonds. The molecule has 0 aromatic heterocycles. The number of alkyl halides is 2. The molecule has 0 atom stereocenters. The van der Waals surface area contributed by atoms with Crippen molar-refractivity contribution < 1.29 is 0 Å². The molecule has 0 spiro atoms. The monoisotopic (exact) mass is 360 g/mol. The van der Waals surface area contributed by atoms with Crippen molar-refractivity contribution in [3.63, 3.8) is 0 Å². The van der Waals surface area contributed by atoms with Crippen molar-refractivity contribution in [1.82, 2.24) is 0 Å². The van der Waals surface area contributed by atoms with Gasteiger partial charge in [-0.2, -0.15) is 0 Å². The Morgan fingerprint density at radius 3 is 2.36 bits per heavy atom. The van der Waals surface area contributed by atoms with Gasteiger partial charge in [-0.1, -0.05) is 65.5 Å². The van der Waals surface area contributed by atoms with Gasteiger partial charge in [0.05, 0.1) is 3.74 Å². The highest BCUT2D eigenvalue weighted by Gasteiger charge is 2.06. The van der Waals surface area contributed by atoms with Crippen LogP contribution in [-0.4, -0.2) is 0 Å². The van der Waals surface area contributed by atoms with E-state index < -0.39 is 0 Å². The van der Waals surface area contributed by atoms with Gasteiger partial charge in [0, 0.05) is 9.50 Å². The smallest absolute Gasteiger partial charge is 0.0839 e. The summed E-state index contributed by atoms with van der Waals surface area (Å²) in [5, 5.41) is 0.748. The molecule has 0 saturated heterocycles. The molecule has 0 aliphatic carbocycles. The maximum absolute atomic E-state index is 5.93. The van der Waals surface area contributed by atoms with Crippen LogP contribution < -0.4 is 0 Å². The Bertz CT molecular complexity index is 260. The van der Waals surface area contributed by atoms with Crippen LogP contribution in [-0.2, 0) is 0 Å². The predicted molar refractivity (Wildman–Crippen MR) is 59.7 cm³/mol. The summed E-state index contributed by atoms with van der Waals surface area (Å²) < 4.78 is 1.11. The highest BCUT2D eigenvalue weighted by molar-refractivity contribution is 9.24. The van der Waals surface area contributed by atoms with Crippen LogP contribution in [0.4, 0.5) is 0 Å². The summed E-state index contributed by atoms with van der Waals surface area (Å²) in [6, 6.07) is 5.78. The molecule has 0 fully saturated rings. The van der Waals surface area contributed by atoms with Gasteiger partial charge >= 0.3 is 0 Å². The van der Waals surface area contributed by atoms with E-state index in [-0.39, 0.29) is 3.74 Å². The zero-order valence-corrected chi connectivity index (χ0v) is 10.8. The molecule has 0 bridgehead atoms. The lowest BCUT2D eigenvalue weighted by molar-refractivity contribution is 1.41. The van der Waals surface area contributed by atoms with Gasteiger partial charge in [0.25, 0.3) is 0 Å². The first kappa shape index (κ1) is 10.0. The third kappa shape index (κ3) is 2.72. The van der Waals surface area contributed by atoms with Crippen LogP contribution >= 0.6 is 59.4 Å². The second kappa shape index (κ2) is 4.26. The number of benzene rings is 1. The lowest BCUT2D eigenvalue weighted by Gasteiger charge is -2.04. The average molecular weight is 363 g/mol. The largest absolute Gasteiger partial charge is 0.0960 e. The highest BCUT2D eigenvalue weighted by atomic mass is 79.9. The van der Waals surface area contributed by atoms with E-state index in [4.69, 9.17) is 11.6 Å². The van der Waals surface area contributed by atoms with E-state index >= 15 is 0 Å². The van der Waals surface area contributed by atoms with Crippen molar-refractivity contribution in [2.75, 3.05) is 0 Å². The van der Waals surface area contributed by atoms with E-state index in [2.05, 4.69) is 47.8 Å². The summed E-state index contributed by atoms with van der Waals surface area (Å²) in [7, 11) is 0. The summed E-state index contributed by atoms with van der Waals surface area (Å²) in [6.45, 7) is 0. The Morgan fingerprint density at radius 1 is 1.27 bits per heavy atom. The molecule has 0 saturated carbocycles. The van der Waals surface area contributed by atoms with Gasteiger partial charge < -0.3 is 0 Å². The molecule has 0 radical (unpaired) electrons. The molecular formula is C7H4Br3Cl. The Morgan fingerprint density at radius 2 is 1.91 bits per heavy atom. The van der Waals surface area contributed by atoms with Gasteiger partial charge in [0.2, 0.25) is 0 Å². The quantitative estimate of drug-likeness (QED) is 0.623. The van der Waals surface area contributed by atoms with Gasteiger partial charge in [-0.25, -0.2) is 0 Å². The fraction of sp³-hybridized carbons (Fsp3) is 0.143. The summed E-state index contributed by atoms with van der Waals surface area (Å²) in [5.41, 5.74) is 1.04. The van der Waals surface area contributed by atoms with Crippen molar-refractivity contribution in [1.29, 1.82) is 0 Å². The predicted octanol–water partition coefficient (Wildman–Crippen LogP) is 4.89. The maximum atomic E-state index is 5.93. The summed E-state index contributed by atoms with van der Waals surface area (Å²) in [6.07, 6.45) is 0. The lowest BCUT2D eigenvalue weighted by Crippen LogP contribution is -1.81. The first-order chi connectivity index (χ1) is 5.11. The molecule has 0 heterocycles. The van der Waals surface area contributed by atoms with E-state index in [9.17, 15) is 0 Å². The Balaban J connectivity index is 3.09. The van der Waals surface area contributed by atoms with Gasteiger partial charge in [-0.3, -0.25) is 0 Å². The first-order valence-electron chi connectivity index (χ1n) is 2.84. The Kier molecular flexibility index (Phi) is 3.89. The Labute approximate surface area is 95.7 Å². The van der Waals surface area contributed by atoms with Crippen molar-refractivity contribution in [2.24, 2.45) is 0 Å². The van der Waals surface area contributed by atoms with Gasteiger partial charge in [0.1, 0.15) is 0 Å². The Hall–Kier alpha value is 0.950. The number of hydrogen-bond donors (Lipinski definition) is 0. The second-order valence-electron chi connectivity index (χ2n) is 1.97. The van der Waals surface area contributed by atoms with Crippen LogP contribution in [0.3, 0.4) is 0 Å². The van der Waals surface area contributed by atoms with Crippen LogP contribution in [0.1, 0.15) is 9.30 Å². The minimum absolute atomic E-state index is 0.121. The van der Waals surface area contributed by atoms with Crippen LogP contribution in [0.2, 0.25) is 5.02 Å². The van der Waals surface area contributed by atoms with Gasteiger partial charge in [-0.05, 0) is 17.7 Å². The minimum Gasteiger partial charge on any atom is -0.0839 e. The topological polar surface area (TPSA) is 0 Å². The fourth-order valence-electron chi connectivity index (χ4n) is 0.678. The SMILES string of the molecule is Clc1cc(Br)ccc1C(Br)Br. The van der Waals surface area contributed by atoms with Crippen molar-refractivity contribution >= 4 is 59.4 Å². The molecule has 0 aliphatic heterocycles. The summed E-state index contributed by atoms with van der Waals surface area (Å²) >= 11 is 16.0. The number of halogens is 4. The molecule has 11 heavy (non-hydrogen) atoms. The van der Waals surface area contributed by atoms with Gasteiger partial charge in [0.15, 0.2) is 0 Å². The first-order valence-corrected chi connectivity index (χ1v) is 5.84. The zero-order chi connectivity index (χ0) is 8.43. The lowest BCUT2D eigenvalue weighted by atomic mass is 10.2. The molecule has 0 N–H and O–H groups in total. The van der Waals surface area contributed by atoms with E-state index in [0.717, 1.165) is 15.1 Å². The average Bonchev–Trinajstić information content (AvgIpc) is 1.85. The molecule has 0 aliphatic rings. The van der Waals surface area contributed by atoms with E-state index in [1.54, 1.807) is 0 Å². The zero-order valence-electron chi connectivity index (χ0n) is 5.32. The second-order valence-corrected chi connectivity index (χ2v) is 6.35. The van der Waals surface area contributed by atoms with Crippen molar-refractivity contribution in [3.05, 3.63) is 33.3 Å². The van der Waals surface area contributed by atoms with E-state index in [1.807, 2.05) is 18.2 Å². The maximum Gasteiger partial charge on any atom is 0.0960 e. The molecule has 4 heteroatoms. The minimum atomic E-state index is 0.121. The molecule has 1 rings (SSSR count). The summed E-state index contributed by atoms with van der Waals surface area (Å²) in [5.74, 6) is 0. The van der Waals surface area contributed by atoms with E-state index in [1.165, 1.54) is 0 Å². The van der Waals surface area contributed by atoms with Crippen molar-refractivity contribution in [3.8, 4) is 0 Å². The molecule has 1 aromatic rings. The molecular weight excluding hydrogens is 359 g/mol. The van der Waals surface area contributed by atoms with Crippen LogP contribution in [0.25, 0.3) is 0 Å². The van der Waals surface area contributed by atoms with Crippen LogP contribution in [0, 0.1) is 0 Å². The third-order valence-electron chi connectivity index (χ3n) is 1.20. The van der Waals surface area contributed by atoms with Crippen molar-refractivity contribution in [2.45, 2.75) is 3.74 Å². The van der Waals surface area contributed by atoms with E-state index in [0.29, 0.717) is 0 Å². The highest BCUT2D eigenvalue weighted by Crippen LogP contribution is 2.35.